The van der Waals surface area contributed by atoms with E-state index in [1.807, 2.05) is 24.6 Å². The Labute approximate surface area is 105 Å². The second-order valence-corrected chi connectivity index (χ2v) is 3.90. The summed E-state index contributed by atoms with van der Waals surface area (Å²) in [7, 11) is 1.83. The molecule has 0 fully saturated rings. The number of aryl methyl sites for hydroxylation is 1. The van der Waals surface area contributed by atoms with Crippen LogP contribution in [0.15, 0.2) is 12.1 Å². The minimum atomic E-state index is -0.526. The summed E-state index contributed by atoms with van der Waals surface area (Å²) < 4.78 is 7.16. The summed E-state index contributed by atoms with van der Waals surface area (Å²) in [4.78, 5) is 15.9. The molecule has 2 heterocycles. The van der Waals surface area contributed by atoms with E-state index in [0.717, 1.165) is 5.52 Å². The lowest BCUT2D eigenvalue weighted by Crippen LogP contribution is -2.16. The fourth-order valence-electron chi connectivity index (χ4n) is 2.06. The Hall–Kier alpha value is -2.08. The molecule has 2 aromatic rings. The fraction of sp³-hybridized carbons (Fsp3) is 0.333. The van der Waals surface area contributed by atoms with Gasteiger partial charge in [0.2, 0.25) is 5.88 Å². The second kappa shape index (κ2) is 4.66. The standard InChI is InChI=1S/C12H16N4O2/c1-3-18-9-5-4-7-11(15-9)10(12(14)17)8(6-13)16(7)2/h4-5H,3,6,13H2,1-2H3,(H2,14,17). The highest BCUT2D eigenvalue weighted by atomic mass is 16.5. The third kappa shape index (κ3) is 1.80. The van der Waals surface area contributed by atoms with Gasteiger partial charge in [-0.15, -0.1) is 0 Å². The Morgan fingerprint density at radius 3 is 2.78 bits per heavy atom. The van der Waals surface area contributed by atoms with Crippen LogP contribution in [0.4, 0.5) is 0 Å². The van der Waals surface area contributed by atoms with Gasteiger partial charge in [0.1, 0.15) is 5.52 Å². The van der Waals surface area contributed by atoms with Crippen LogP contribution in [0.3, 0.4) is 0 Å². The second-order valence-electron chi connectivity index (χ2n) is 3.90. The van der Waals surface area contributed by atoms with E-state index in [4.69, 9.17) is 16.2 Å². The van der Waals surface area contributed by atoms with E-state index in [1.54, 1.807) is 6.07 Å². The van der Waals surface area contributed by atoms with Crippen molar-refractivity contribution in [1.82, 2.24) is 9.55 Å². The number of hydrogen-bond donors (Lipinski definition) is 2. The Bertz CT molecular complexity index is 604. The van der Waals surface area contributed by atoms with Crippen molar-refractivity contribution >= 4 is 16.9 Å². The zero-order chi connectivity index (χ0) is 13.3. The number of rotatable bonds is 4. The van der Waals surface area contributed by atoms with Crippen molar-refractivity contribution in [2.75, 3.05) is 6.61 Å². The number of nitrogens with two attached hydrogens (primary N) is 2. The summed E-state index contributed by atoms with van der Waals surface area (Å²) in [6, 6.07) is 3.61. The van der Waals surface area contributed by atoms with Crippen molar-refractivity contribution in [3.8, 4) is 5.88 Å². The number of hydrogen-bond acceptors (Lipinski definition) is 4. The quantitative estimate of drug-likeness (QED) is 0.824. The molecule has 0 aromatic carbocycles. The predicted octanol–water partition coefficient (Wildman–Crippen LogP) is 0.530. The van der Waals surface area contributed by atoms with Crippen LogP contribution in [0.1, 0.15) is 23.0 Å². The van der Waals surface area contributed by atoms with Crippen molar-refractivity contribution < 1.29 is 9.53 Å². The van der Waals surface area contributed by atoms with Crippen LogP contribution in [-0.2, 0) is 13.6 Å². The first kappa shape index (κ1) is 12.4. The Morgan fingerprint density at radius 2 is 2.22 bits per heavy atom. The number of aromatic nitrogens is 2. The number of primary amides is 1. The SMILES string of the molecule is CCOc1ccc2c(n1)c(C(N)=O)c(CN)n2C. The van der Waals surface area contributed by atoms with Gasteiger partial charge in [0.15, 0.2) is 0 Å². The van der Waals surface area contributed by atoms with Crippen molar-refractivity contribution in [3.63, 3.8) is 0 Å². The van der Waals surface area contributed by atoms with Gasteiger partial charge in [0.25, 0.3) is 5.91 Å². The van der Waals surface area contributed by atoms with Gasteiger partial charge in [0.05, 0.1) is 17.7 Å². The molecule has 18 heavy (non-hydrogen) atoms. The fourth-order valence-corrected chi connectivity index (χ4v) is 2.06. The summed E-state index contributed by atoms with van der Waals surface area (Å²) in [6.07, 6.45) is 0. The number of nitrogens with zero attached hydrogens (tertiary/aromatic N) is 2. The van der Waals surface area contributed by atoms with Crippen molar-refractivity contribution in [2.45, 2.75) is 13.5 Å². The molecule has 0 radical (unpaired) electrons. The van der Waals surface area contributed by atoms with Crippen molar-refractivity contribution in [2.24, 2.45) is 18.5 Å². The van der Waals surface area contributed by atoms with Gasteiger partial charge in [-0.3, -0.25) is 4.79 Å². The Morgan fingerprint density at radius 1 is 1.50 bits per heavy atom. The predicted molar refractivity (Wildman–Crippen MR) is 68.3 cm³/mol. The lowest BCUT2D eigenvalue weighted by atomic mass is 10.2. The summed E-state index contributed by atoms with van der Waals surface area (Å²) in [5, 5.41) is 0. The number of ether oxygens (including phenoxy) is 1. The lowest BCUT2D eigenvalue weighted by Gasteiger charge is -2.02. The summed E-state index contributed by atoms with van der Waals surface area (Å²) in [5.41, 5.74) is 13.5. The monoisotopic (exact) mass is 248 g/mol. The summed E-state index contributed by atoms with van der Waals surface area (Å²) in [6.45, 7) is 2.62. The van der Waals surface area contributed by atoms with Crippen molar-refractivity contribution in [3.05, 3.63) is 23.4 Å². The highest BCUT2D eigenvalue weighted by Gasteiger charge is 2.19. The Balaban J connectivity index is 2.75. The van der Waals surface area contributed by atoms with Crippen LogP contribution in [0.25, 0.3) is 11.0 Å². The van der Waals surface area contributed by atoms with Gasteiger partial charge < -0.3 is 20.8 Å². The number of carbonyl (C=O) groups is 1. The number of pyridine rings is 1. The maximum absolute atomic E-state index is 11.5. The first-order chi connectivity index (χ1) is 8.60. The lowest BCUT2D eigenvalue weighted by molar-refractivity contribution is 0.100. The van der Waals surface area contributed by atoms with Gasteiger partial charge in [-0.05, 0) is 13.0 Å². The topological polar surface area (TPSA) is 96.2 Å². The molecule has 0 spiro atoms. The Kier molecular flexibility index (Phi) is 3.20. The molecule has 0 aliphatic carbocycles. The number of amides is 1. The molecular formula is C12H16N4O2. The third-order valence-corrected chi connectivity index (χ3v) is 2.87. The molecule has 1 amide bonds. The maximum atomic E-state index is 11.5. The minimum Gasteiger partial charge on any atom is -0.478 e. The van der Waals surface area contributed by atoms with Gasteiger partial charge >= 0.3 is 0 Å². The van der Waals surface area contributed by atoms with E-state index in [0.29, 0.717) is 29.3 Å². The van der Waals surface area contributed by atoms with Gasteiger partial charge in [-0.2, -0.15) is 0 Å². The molecule has 0 atom stereocenters. The van der Waals surface area contributed by atoms with Crippen LogP contribution in [0.5, 0.6) is 5.88 Å². The number of fused-ring (bicyclic) bond motifs is 1. The minimum absolute atomic E-state index is 0.231. The van der Waals surface area contributed by atoms with Gasteiger partial charge in [0, 0.05) is 25.4 Å². The zero-order valence-corrected chi connectivity index (χ0v) is 10.4. The largest absolute Gasteiger partial charge is 0.478 e. The molecule has 96 valence electrons. The third-order valence-electron chi connectivity index (χ3n) is 2.87. The average Bonchev–Trinajstić information content (AvgIpc) is 2.62. The average molecular weight is 248 g/mol. The van der Waals surface area contributed by atoms with Crippen LogP contribution < -0.4 is 16.2 Å². The van der Waals surface area contributed by atoms with Crippen LogP contribution in [0.2, 0.25) is 0 Å². The molecule has 0 saturated heterocycles. The zero-order valence-electron chi connectivity index (χ0n) is 10.4. The molecule has 2 aromatic heterocycles. The molecule has 6 nitrogen and oxygen atoms in total. The molecule has 0 saturated carbocycles. The van der Waals surface area contributed by atoms with Crippen LogP contribution in [0, 0.1) is 0 Å². The molecule has 0 unspecified atom stereocenters. The van der Waals surface area contributed by atoms with Gasteiger partial charge in [-0.1, -0.05) is 0 Å². The summed E-state index contributed by atoms with van der Waals surface area (Å²) in [5.74, 6) is -0.0520. The van der Waals surface area contributed by atoms with Crippen LogP contribution >= 0.6 is 0 Å². The highest BCUT2D eigenvalue weighted by Crippen LogP contribution is 2.25. The van der Waals surface area contributed by atoms with Gasteiger partial charge in [-0.25, -0.2) is 4.98 Å². The van der Waals surface area contributed by atoms with E-state index in [-0.39, 0.29) is 6.54 Å². The molecule has 6 heteroatoms. The first-order valence-corrected chi connectivity index (χ1v) is 5.71. The highest BCUT2D eigenvalue weighted by molar-refractivity contribution is 6.06. The summed E-state index contributed by atoms with van der Waals surface area (Å²) >= 11 is 0. The van der Waals surface area contributed by atoms with E-state index in [1.165, 1.54) is 0 Å². The molecule has 0 bridgehead atoms. The molecule has 4 N–H and O–H groups in total. The maximum Gasteiger partial charge on any atom is 0.252 e. The van der Waals surface area contributed by atoms with Crippen molar-refractivity contribution in [1.29, 1.82) is 0 Å². The molecular weight excluding hydrogens is 232 g/mol. The molecule has 0 aliphatic heterocycles. The smallest absolute Gasteiger partial charge is 0.252 e. The molecule has 2 rings (SSSR count). The molecule has 0 aliphatic rings. The van der Waals surface area contributed by atoms with E-state index >= 15 is 0 Å². The van der Waals surface area contributed by atoms with E-state index < -0.39 is 5.91 Å². The van der Waals surface area contributed by atoms with E-state index in [2.05, 4.69) is 4.98 Å². The number of carbonyl (C=O) groups excluding carboxylic acids is 1. The normalized spacial score (nSPS) is 10.8. The first-order valence-electron chi connectivity index (χ1n) is 5.71. The van der Waals surface area contributed by atoms with Crippen LogP contribution in [-0.4, -0.2) is 22.1 Å². The van der Waals surface area contributed by atoms with E-state index in [9.17, 15) is 4.79 Å².